The first-order valence-corrected chi connectivity index (χ1v) is 9.05. The normalized spacial score (nSPS) is 12.4. The van der Waals surface area contributed by atoms with Crippen LogP contribution in [0.15, 0.2) is 51.0 Å². The Morgan fingerprint density at radius 3 is 2.43 bits per heavy atom. The van der Waals surface area contributed by atoms with Crippen molar-refractivity contribution in [3.05, 3.63) is 68.4 Å². The molecule has 2 aromatic carbocycles. The number of aliphatic imine (C=N–C) groups is 1. The average Bonchev–Trinajstić information content (AvgIpc) is 2.74. The Morgan fingerprint density at radius 1 is 1.13 bits per heavy atom. The van der Waals surface area contributed by atoms with Crippen LogP contribution < -0.4 is 16.0 Å². The highest BCUT2D eigenvalue weighted by Crippen LogP contribution is 2.34. The van der Waals surface area contributed by atoms with Gasteiger partial charge in [-0.25, -0.2) is 4.79 Å². The molecule has 0 fully saturated rings. The lowest BCUT2D eigenvalue weighted by molar-refractivity contribution is -0.137. The van der Waals surface area contributed by atoms with E-state index >= 15 is 0 Å². The number of hydrogen-bond donors (Lipinski definition) is 2. The molecule has 1 heterocycles. The number of rotatable bonds is 6. The first kappa shape index (κ1) is 20.8. The minimum absolute atomic E-state index is 0.201. The highest BCUT2D eigenvalue weighted by molar-refractivity contribution is 5.92. The summed E-state index contributed by atoms with van der Waals surface area (Å²) in [4.78, 5) is 40.1. The fraction of sp³-hybridized carbons (Fsp3) is 0.238. The largest absolute Gasteiger partial charge is 0.496 e. The van der Waals surface area contributed by atoms with E-state index in [4.69, 9.17) is 4.74 Å². The van der Waals surface area contributed by atoms with E-state index in [2.05, 4.69) is 4.99 Å². The monoisotopic (exact) mass is 411 g/mol. The Balaban J connectivity index is 2.17. The van der Waals surface area contributed by atoms with Gasteiger partial charge in [0.15, 0.2) is 0 Å². The minimum Gasteiger partial charge on any atom is -0.496 e. The zero-order chi connectivity index (χ0) is 22.0. The number of benzene rings is 2. The van der Waals surface area contributed by atoms with Crippen molar-refractivity contribution in [3.63, 3.8) is 0 Å². The van der Waals surface area contributed by atoms with Crippen molar-refractivity contribution < 1.29 is 19.7 Å². The van der Waals surface area contributed by atoms with E-state index in [1.165, 1.54) is 14.1 Å². The summed E-state index contributed by atoms with van der Waals surface area (Å²) >= 11 is 0. The molecule has 0 spiro atoms. The lowest BCUT2D eigenvalue weighted by Crippen LogP contribution is -2.38. The topological polar surface area (TPSA) is 123 Å². The number of aromatic nitrogens is 2. The van der Waals surface area contributed by atoms with E-state index in [9.17, 15) is 24.6 Å². The smallest absolute Gasteiger partial charge is 0.333 e. The van der Waals surface area contributed by atoms with Crippen LogP contribution in [0.25, 0.3) is 10.8 Å². The second-order valence-electron chi connectivity index (χ2n) is 6.74. The van der Waals surface area contributed by atoms with Crippen molar-refractivity contribution in [2.45, 2.75) is 12.5 Å². The van der Waals surface area contributed by atoms with Crippen LogP contribution in [0.2, 0.25) is 0 Å². The summed E-state index contributed by atoms with van der Waals surface area (Å²) in [6.45, 7) is 0. The van der Waals surface area contributed by atoms with Crippen molar-refractivity contribution in [3.8, 4) is 11.6 Å². The summed E-state index contributed by atoms with van der Waals surface area (Å²) in [5.41, 5.74) is -0.982. The number of aromatic hydroxyl groups is 1. The predicted molar refractivity (Wildman–Crippen MR) is 112 cm³/mol. The summed E-state index contributed by atoms with van der Waals surface area (Å²) < 4.78 is 7.14. The first-order valence-electron chi connectivity index (χ1n) is 9.05. The Hall–Kier alpha value is -3.88. The SMILES string of the molecule is COc1ccc([C@H](CC(=O)O)N=Cc2c(O)n(C)c(=O)n(C)c2=O)c2ccccc12. The summed E-state index contributed by atoms with van der Waals surface area (Å²) in [5, 5.41) is 21.2. The van der Waals surface area contributed by atoms with Gasteiger partial charge in [-0.1, -0.05) is 30.3 Å². The van der Waals surface area contributed by atoms with Gasteiger partial charge in [-0.3, -0.25) is 23.7 Å². The van der Waals surface area contributed by atoms with Crippen LogP contribution in [0, 0.1) is 0 Å². The molecular formula is C21H21N3O6. The molecule has 9 heteroatoms. The molecule has 156 valence electrons. The Labute approximate surface area is 171 Å². The molecule has 0 amide bonds. The number of fused-ring (bicyclic) bond motifs is 1. The average molecular weight is 411 g/mol. The number of carboxylic acid groups (broad SMARTS) is 1. The standard InChI is InChI=1S/C21H21N3O6/c1-23-19(27)15(20(28)24(2)21(23)29)11-22-16(10-18(25)26)13-8-9-17(30-3)14-7-5-4-6-12(13)14/h4-9,11,16,27H,10H2,1-3H3,(H,25,26)/t16-/m0/s1. The highest BCUT2D eigenvalue weighted by atomic mass is 16.5. The van der Waals surface area contributed by atoms with Gasteiger partial charge in [0.1, 0.15) is 11.3 Å². The number of carbonyl (C=O) groups is 1. The molecule has 1 aromatic heterocycles. The number of aliphatic carboxylic acids is 1. The van der Waals surface area contributed by atoms with Crippen molar-refractivity contribution in [2.75, 3.05) is 7.11 Å². The van der Waals surface area contributed by atoms with Crippen LogP contribution in [0.5, 0.6) is 11.6 Å². The second-order valence-corrected chi connectivity index (χ2v) is 6.74. The van der Waals surface area contributed by atoms with Gasteiger partial charge < -0.3 is 14.9 Å². The third kappa shape index (κ3) is 3.69. The quantitative estimate of drug-likeness (QED) is 0.594. The van der Waals surface area contributed by atoms with Gasteiger partial charge in [-0.2, -0.15) is 0 Å². The van der Waals surface area contributed by atoms with Crippen LogP contribution in [0.4, 0.5) is 0 Å². The van der Waals surface area contributed by atoms with Crippen LogP contribution in [0.1, 0.15) is 23.6 Å². The molecule has 0 aliphatic heterocycles. The molecule has 0 bridgehead atoms. The maximum atomic E-state index is 12.4. The summed E-state index contributed by atoms with van der Waals surface area (Å²) in [6, 6.07) is 9.97. The first-order chi connectivity index (χ1) is 14.3. The van der Waals surface area contributed by atoms with E-state index in [1.807, 2.05) is 24.3 Å². The van der Waals surface area contributed by atoms with Gasteiger partial charge in [0.2, 0.25) is 5.88 Å². The van der Waals surface area contributed by atoms with E-state index in [0.717, 1.165) is 26.1 Å². The summed E-state index contributed by atoms with van der Waals surface area (Å²) in [6.07, 6.45) is 0.781. The molecule has 3 rings (SSSR count). The zero-order valence-corrected chi connectivity index (χ0v) is 16.7. The molecule has 0 aliphatic carbocycles. The van der Waals surface area contributed by atoms with Gasteiger partial charge in [-0.15, -0.1) is 0 Å². The van der Waals surface area contributed by atoms with Crippen LogP contribution in [-0.2, 0) is 18.9 Å². The van der Waals surface area contributed by atoms with E-state index in [0.29, 0.717) is 11.3 Å². The van der Waals surface area contributed by atoms with Gasteiger partial charge in [0.25, 0.3) is 5.56 Å². The lowest BCUT2D eigenvalue weighted by Gasteiger charge is -2.16. The Bertz CT molecular complexity index is 1270. The summed E-state index contributed by atoms with van der Waals surface area (Å²) in [7, 11) is 4.15. The molecule has 3 aromatic rings. The van der Waals surface area contributed by atoms with Crippen molar-refractivity contribution in [1.82, 2.24) is 9.13 Å². The fourth-order valence-electron chi connectivity index (χ4n) is 3.31. The van der Waals surface area contributed by atoms with Crippen molar-refractivity contribution in [1.29, 1.82) is 0 Å². The lowest BCUT2D eigenvalue weighted by atomic mass is 9.96. The molecule has 0 saturated carbocycles. The molecule has 9 nitrogen and oxygen atoms in total. The van der Waals surface area contributed by atoms with Gasteiger partial charge in [0, 0.05) is 25.7 Å². The number of ether oxygens (including phenoxy) is 1. The maximum Gasteiger partial charge on any atom is 0.333 e. The van der Waals surface area contributed by atoms with Crippen molar-refractivity contribution >= 4 is 23.0 Å². The molecule has 0 aliphatic rings. The van der Waals surface area contributed by atoms with Crippen LogP contribution in [0.3, 0.4) is 0 Å². The third-order valence-corrected chi connectivity index (χ3v) is 4.92. The van der Waals surface area contributed by atoms with Gasteiger partial charge in [0.05, 0.1) is 19.6 Å². The Morgan fingerprint density at radius 2 is 1.80 bits per heavy atom. The predicted octanol–water partition coefficient (Wildman–Crippen LogP) is 1.59. The van der Waals surface area contributed by atoms with E-state index in [-0.39, 0.29) is 12.0 Å². The number of nitrogens with zero attached hydrogens (tertiary/aromatic N) is 3. The third-order valence-electron chi connectivity index (χ3n) is 4.92. The zero-order valence-electron chi connectivity index (χ0n) is 16.7. The molecule has 0 unspecified atom stereocenters. The minimum atomic E-state index is -1.07. The maximum absolute atomic E-state index is 12.4. The highest BCUT2D eigenvalue weighted by Gasteiger charge is 2.19. The Kier molecular flexibility index (Phi) is 5.72. The van der Waals surface area contributed by atoms with E-state index < -0.39 is 29.1 Å². The number of carboxylic acids is 1. The van der Waals surface area contributed by atoms with Crippen molar-refractivity contribution in [2.24, 2.45) is 19.1 Å². The molecule has 1 atom stereocenters. The van der Waals surface area contributed by atoms with E-state index in [1.54, 1.807) is 19.2 Å². The number of methoxy groups -OCH3 is 1. The fourth-order valence-corrected chi connectivity index (χ4v) is 3.31. The number of hydrogen-bond acceptors (Lipinski definition) is 6. The molecule has 30 heavy (non-hydrogen) atoms. The molecule has 2 N–H and O–H groups in total. The summed E-state index contributed by atoms with van der Waals surface area (Å²) in [5.74, 6) is -0.980. The molecular weight excluding hydrogens is 390 g/mol. The molecule has 0 saturated heterocycles. The van der Waals surface area contributed by atoms with Crippen LogP contribution >= 0.6 is 0 Å². The second kappa shape index (κ2) is 8.24. The van der Waals surface area contributed by atoms with Gasteiger partial charge >= 0.3 is 11.7 Å². The van der Waals surface area contributed by atoms with Gasteiger partial charge in [-0.05, 0) is 17.0 Å². The molecule has 0 radical (unpaired) electrons. The van der Waals surface area contributed by atoms with Crippen LogP contribution in [-0.4, -0.2) is 38.6 Å².